The normalized spacial score (nSPS) is 16.7. The minimum Gasteiger partial charge on any atom is -0.381 e. The van der Waals surface area contributed by atoms with Gasteiger partial charge in [-0.05, 0) is 30.5 Å². The Morgan fingerprint density at radius 3 is 2.36 bits per heavy atom. The smallest absolute Gasteiger partial charge is 0.240 e. The Morgan fingerprint density at radius 1 is 1.24 bits per heavy atom. The molecule has 0 aliphatic carbocycles. The van der Waals surface area contributed by atoms with Crippen LogP contribution in [0.1, 0.15) is 25.3 Å². The van der Waals surface area contributed by atoms with E-state index in [1.807, 2.05) is 0 Å². The van der Waals surface area contributed by atoms with Gasteiger partial charge in [-0.15, -0.1) is 12.4 Å². The molecular formula is C16H26ClN3O4S. The Hall–Kier alpha value is -1.19. The number of halogens is 1. The van der Waals surface area contributed by atoms with Crippen molar-refractivity contribution in [2.45, 2.75) is 31.2 Å². The molecule has 142 valence electrons. The first-order valence-corrected chi connectivity index (χ1v) is 9.56. The molecule has 9 heteroatoms. The fourth-order valence-corrected chi connectivity index (χ4v) is 3.76. The molecule has 7 nitrogen and oxygen atoms in total. The van der Waals surface area contributed by atoms with Gasteiger partial charge in [-0.25, -0.2) is 13.1 Å². The Morgan fingerprint density at radius 2 is 1.84 bits per heavy atom. The molecule has 4 N–H and O–H groups in total. The van der Waals surface area contributed by atoms with Crippen molar-refractivity contribution in [2.24, 2.45) is 11.1 Å². The van der Waals surface area contributed by atoms with Gasteiger partial charge in [0, 0.05) is 32.8 Å². The summed E-state index contributed by atoms with van der Waals surface area (Å²) in [4.78, 5) is 12.7. The van der Waals surface area contributed by atoms with E-state index >= 15 is 0 Å². The van der Waals surface area contributed by atoms with Gasteiger partial charge in [-0.3, -0.25) is 4.79 Å². The average molecular weight is 392 g/mol. The highest BCUT2D eigenvalue weighted by Gasteiger charge is 2.38. The standard InChI is InChI=1S/C16H25N3O4S.ClH/c1-2-19-24(21,22)14-5-3-13(4-6-14)11-18-15(20)16(12-17)7-9-23-10-8-16;/h3-6,19H,2,7-12,17H2,1H3,(H,18,20);1H. The summed E-state index contributed by atoms with van der Waals surface area (Å²) in [6, 6.07) is 6.46. The third kappa shape index (κ3) is 5.39. The molecule has 25 heavy (non-hydrogen) atoms. The number of hydrogen-bond donors (Lipinski definition) is 3. The Labute approximate surface area is 155 Å². The van der Waals surface area contributed by atoms with E-state index in [9.17, 15) is 13.2 Å². The highest BCUT2D eigenvalue weighted by molar-refractivity contribution is 7.89. The molecule has 1 aliphatic heterocycles. The zero-order valence-corrected chi connectivity index (χ0v) is 15.9. The third-order valence-electron chi connectivity index (χ3n) is 4.34. The second-order valence-corrected chi connectivity index (χ2v) is 7.69. The van der Waals surface area contributed by atoms with E-state index in [2.05, 4.69) is 10.0 Å². The van der Waals surface area contributed by atoms with E-state index in [4.69, 9.17) is 10.5 Å². The van der Waals surface area contributed by atoms with Crippen molar-refractivity contribution in [3.8, 4) is 0 Å². The predicted molar refractivity (Wildman–Crippen MR) is 97.9 cm³/mol. The second-order valence-electron chi connectivity index (χ2n) is 5.92. The van der Waals surface area contributed by atoms with Gasteiger partial charge in [0.15, 0.2) is 0 Å². The summed E-state index contributed by atoms with van der Waals surface area (Å²) in [5, 5.41) is 2.90. The van der Waals surface area contributed by atoms with E-state index in [1.165, 1.54) is 12.1 Å². The highest BCUT2D eigenvalue weighted by Crippen LogP contribution is 2.29. The molecule has 0 bridgehead atoms. The summed E-state index contributed by atoms with van der Waals surface area (Å²) < 4.78 is 31.5. The van der Waals surface area contributed by atoms with Gasteiger partial charge in [0.05, 0.1) is 10.3 Å². The number of ether oxygens (including phenoxy) is 1. The van der Waals surface area contributed by atoms with Crippen LogP contribution >= 0.6 is 12.4 Å². The minimum atomic E-state index is -3.46. The van der Waals surface area contributed by atoms with E-state index in [0.29, 0.717) is 45.7 Å². The van der Waals surface area contributed by atoms with Crippen LogP contribution in [-0.2, 0) is 26.1 Å². The van der Waals surface area contributed by atoms with Crippen molar-refractivity contribution in [3.05, 3.63) is 29.8 Å². The molecule has 2 rings (SSSR count). The molecule has 0 atom stereocenters. The van der Waals surface area contributed by atoms with Gasteiger partial charge in [0.2, 0.25) is 15.9 Å². The summed E-state index contributed by atoms with van der Waals surface area (Å²) in [5.41, 5.74) is 6.08. The molecular weight excluding hydrogens is 366 g/mol. The SMILES string of the molecule is CCNS(=O)(=O)c1ccc(CNC(=O)C2(CN)CCOCC2)cc1.Cl. The fraction of sp³-hybridized carbons (Fsp3) is 0.562. The fourth-order valence-electron chi connectivity index (χ4n) is 2.72. The van der Waals surface area contributed by atoms with Gasteiger partial charge in [-0.1, -0.05) is 19.1 Å². The lowest BCUT2D eigenvalue weighted by Crippen LogP contribution is -2.48. The molecule has 1 saturated heterocycles. The van der Waals surface area contributed by atoms with E-state index in [-0.39, 0.29) is 23.2 Å². The van der Waals surface area contributed by atoms with Gasteiger partial charge in [-0.2, -0.15) is 0 Å². The van der Waals surface area contributed by atoms with Crippen molar-refractivity contribution in [1.29, 1.82) is 0 Å². The van der Waals surface area contributed by atoms with Gasteiger partial charge >= 0.3 is 0 Å². The quantitative estimate of drug-likeness (QED) is 0.636. The maximum atomic E-state index is 12.5. The van der Waals surface area contributed by atoms with Gasteiger partial charge < -0.3 is 15.8 Å². The number of benzene rings is 1. The minimum absolute atomic E-state index is 0. The first-order chi connectivity index (χ1) is 11.4. The Bertz CT molecular complexity index is 658. The van der Waals surface area contributed by atoms with Crippen LogP contribution in [0.5, 0.6) is 0 Å². The molecule has 0 unspecified atom stereocenters. The molecule has 1 aromatic carbocycles. The number of hydrogen-bond acceptors (Lipinski definition) is 5. The highest BCUT2D eigenvalue weighted by atomic mass is 35.5. The number of nitrogens with two attached hydrogens (primary N) is 1. The molecule has 0 saturated carbocycles. The maximum absolute atomic E-state index is 12.5. The van der Waals surface area contributed by atoms with E-state index < -0.39 is 15.4 Å². The third-order valence-corrected chi connectivity index (χ3v) is 5.90. The number of carbonyl (C=O) groups excluding carboxylic acids is 1. The first-order valence-electron chi connectivity index (χ1n) is 8.08. The Kier molecular flexibility index (Phi) is 8.30. The van der Waals surface area contributed by atoms with Gasteiger partial charge in [0.25, 0.3) is 0 Å². The first kappa shape index (κ1) is 21.9. The van der Waals surface area contributed by atoms with Crippen LogP contribution in [0.25, 0.3) is 0 Å². The van der Waals surface area contributed by atoms with Crippen LogP contribution in [-0.4, -0.2) is 40.6 Å². The summed E-state index contributed by atoms with van der Waals surface area (Å²) in [6.07, 6.45) is 1.24. The van der Waals surface area contributed by atoms with Crippen molar-refractivity contribution in [2.75, 3.05) is 26.3 Å². The van der Waals surface area contributed by atoms with E-state index in [1.54, 1.807) is 19.1 Å². The number of rotatable bonds is 7. The van der Waals surface area contributed by atoms with Crippen LogP contribution in [0.2, 0.25) is 0 Å². The molecule has 1 aromatic rings. The van der Waals surface area contributed by atoms with Crippen LogP contribution in [0.4, 0.5) is 0 Å². The monoisotopic (exact) mass is 391 g/mol. The molecule has 0 aromatic heterocycles. The molecule has 1 amide bonds. The number of nitrogens with one attached hydrogen (secondary N) is 2. The molecule has 0 spiro atoms. The van der Waals surface area contributed by atoms with Crippen LogP contribution in [0, 0.1) is 5.41 Å². The summed E-state index contributed by atoms with van der Waals surface area (Å²) in [7, 11) is -3.46. The summed E-state index contributed by atoms with van der Waals surface area (Å²) in [5.74, 6) is -0.0716. The molecule has 1 aliphatic rings. The lowest BCUT2D eigenvalue weighted by molar-refractivity contribution is -0.136. The zero-order valence-electron chi connectivity index (χ0n) is 14.3. The van der Waals surface area contributed by atoms with Gasteiger partial charge in [0.1, 0.15) is 0 Å². The number of carbonyl (C=O) groups is 1. The largest absolute Gasteiger partial charge is 0.381 e. The lowest BCUT2D eigenvalue weighted by Gasteiger charge is -2.34. The summed E-state index contributed by atoms with van der Waals surface area (Å²) >= 11 is 0. The second kappa shape index (κ2) is 9.49. The predicted octanol–water partition coefficient (Wildman–Crippen LogP) is 0.778. The van der Waals surface area contributed by atoms with Crippen molar-refractivity contribution < 1.29 is 17.9 Å². The number of sulfonamides is 1. The Balaban J connectivity index is 0.00000312. The molecule has 1 fully saturated rings. The average Bonchev–Trinajstić information content (AvgIpc) is 2.60. The van der Waals surface area contributed by atoms with Crippen molar-refractivity contribution in [3.63, 3.8) is 0 Å². The molecule has 0 radical (unpaired) electrons. The van der Waals surface area contributed by atoms with E-state index in [0.717, 1.165) is 5.56 Å². The summed E-state index contributed by atoms with van der Waals surface area (Å²) in [6.45, 7) is 3.78. The topological polar surface area (TPSA) is 111 Å². The molecule has 1 heterocycles. The lowest BCUT2D eigenvalue weighted by atomic mass is 9.79. The number of amides is 1. The van der Waals surface area contributed by atoms with Crippen LogP contribution in [0.15, 0.2) is 29.2 Å². The van der Waals surface area contributed by atoms with Crippen molar-refractivity contribution in [1.82, 2.24) is 10.0 Å². The van der Waals surface area contributed by atoms with Crippen molar-refractivity contribution >= 4 is 28.3 Å². The maximum Gasteiger partial charge on any atom is 0.240 e. The van der Waals surface area contributed by atoms with Crippen LogP contribution in [0.3, 0.4) is 0 Å². The zero-order chi connectivity index (χ0) is 17.6. The van der Waals surface area contributed by atoms with Crippen LogP contribution < -0.4 is 15.8 Å².